The predicted molar refractivity (Wildman–Crippen MR) is 91.2 cm³/mol. The van der Waals surface area contributed by atoms with Gasteiger partial charge in [-0.2, -0.15) is 0 Å². The van der Waals surface area contributed by atoms with Gasteiger partial charge in [0, 0.05) is 5.56 Å². The lowest BCUT2D eigenvalue weighted by molar-refractivity contribution is 0.0903. The summed E-state index contributed by atoms with van der Waals surface area (Å²) in [6.45, 7) is 6.20. The largest absolute Gasteiger partial charge is 0.489 e. The van der Waals surface area contributed by atoms with E-state index < -0.39 is 0 Å². The van der Waals surface area contributed by atoms with Gasteiger partial charge < -0.3 is 14.5 Å². The highest BCUT2D eigenvalue weighted by atomic mass is 35.5. The van der Waals surface area contributed by atoms with E-state index in [-0.39, 0.29) is 17.8 Å². The van der Waals surface area contributed by atoms with Crippen LogP contribution in [-0.2, 0) is 12.3 Å². The van der Waals surface area contributed by atoms with Gasteiger partial charge in [0.1, 0.15) is 17.6 Å². The lowest BCUT2D eigenvalue weighted by atomic mass is 10.1. The van der Waals surface area contributed by atoms with Gasteiger partial charge in [-0.15, -0.1) is 11.6 Å². The van der Waals surface area contributed by atoms with Crippen LogP contribution in [0.2, 0.25) is 0 Å². The lowest BCUT2D eigenvalue weighted by Gasteiger charge is -2.17. The van der Waals surface area contributed by atoms with E-state index in [1.807, 2.05) is 31.2 Å². The van der Waals surface area contributed by atoms with Crippen molar-refractivity contribution in [3.8, 4) is 5.75 Å². The molecule has 5 heteroatoms. The Labute approximate surface area is 141 Å². The fourth-order valence-corrected chi connectivity index (χ4v) is 2.52. The van der Waals surface area contributed by atoms with E-state index in [1.54, 1.807) is 13.0 Å². The van der Waals surface area contributed by atoms with Crippen molar-refractivity contribution in [1.29, 1.82) is 0 Å². The quantitative estimate of drug-likeness (QED) is 0.775. The number of ether oxygens (including phenoxy) is 1. The number of alkyl halides is 1. The zero-order valence-electron chi connectivity index (χ0n) is 13.7. The smallest absolute Gasteiger partial charge is 0.287 e. The maximum Gasteiger partial charge on any atom is 0.287 e. The molecule has 2 rings (SSSR count). The fraction of sp³-hybridized carbons (Fsp3) is 0.389. The number of amides is 1. The molecule has 0 spiro atoms. The molecule has 0 aliphatic heterocycles. The minimum absolute atomic E-state index is 0.143. The second-order valence-electron chi connectivity index (χ2n) is 5.43. The van der Waals surface area contributed by atoms with Crippen LogP contribution in [0, 0.1) is 6.92 Å². The predicted octanol–water partition coefficient (Wildman–Crippen LogP) is 4.09. The summed E-state index contributed by atoms with van der Waals surface area (Å²) in [4.78, 5) is 12.1. The molecule has 0 radical (unpaired) electrons. The molecule has 1 heterocycles. The normalized spacial score (nSPS) is 12.0. The molecule has 2 aromatic rings. The Morgan fingerprint density at radius 3 is 2.74 bits per heavy atom. The van der Waals surface area contributed by atoms with Crippen molar-refractivity contribution in [3.05, 3.63) is 53.0 Å². The molecule has 1 N–H and O–H groups in total. The SMILES string of the molecule is CCc1ccccc1OC(C)CNC(=O)c1cc(CCl)c(C)o1. The number of rotatable bonds is 7. The highest BCUT2D eigenvalue weighted by molar-refractivity contribution is 6.17. The highest BCUT2D eigenvalue weighted by Gasteiger charge is 2.15. The molecule has 1 aromatic carbocycles. The summed E-state index contributed by atoms with van der Waals surface area (Å²) in [5.41, 5.74) is 1.98. The molecule has 0 aliphatic rings. The third kappa shape index (κ3) is 4.52. The van der Waals surface area contributed by atoms with Gasteiger partial charge in [-0.3, -0.25) is 4.79 Å². The maximum absolute atomic E-state index is 12.1. The third-order valence-electron chi connectivity index (χ3n) is 3.62. The Morgan fingerprint density at radius 1 is 1.35 bits per heavy atom. The van der Waals surface area contributed by atoms with Crippen LogP contribution in [0.4, 0.5) is 0 Å². The average molecular weight is 336 g/mol. The van der Waals surface area contributed by atoms with E-state index in [2.05, 4.69) is 12.2 Å². The van der Waals surface area contributed by atoms with Gasteiger partial charge in [-0.25, -0.2) is 0 Å². The first-order valence-electron chi connectivity index (χ1n) is 7.73. The van der Waals surface area contributed by atoms with Crippen molar-refractivity contribution in [3.63, 3.8) is 0 Å². The van der Waals surface area contributed by atoms with Gasteiger partial charge in [0.2, 0.25) is 0 Å². The second kappa shape index (κ2) is 8.06. The zero-order valence-corrected chi connectivity index (χ0v) is 14.4. The van der Waals surface area contributed by atoms with Crippen molar-refractivity contribution >= 4 is 17.5 Å². The van der Waals surface area contributed by atoms with Gasteiger partial charge in [-0.05, 0) is 38.0 Å². The molecule has 1 aromatic heterocycles. The van der Waals surface area contributed by atoms with Crippen LogP contribution in [0.1, 0.15) is 41.3 Å². The monoisotopic (exact) mass is 335 g/mol. The van der Waals surface area contributed by atoms with E-state index in [1.165, 1.54) is 0 Å². The first kappa shape index (κ1) is 17.4. The van der Waals surface area contributed by atoms with Gasteiger partial charge in [0.25, 0.3) is 5.91 Å². The molecule has 0 saturated heterocycles. The molecule has 1 atom stereocenters. The van der Waals surface area contributed by atoms with Crippen LogP contribution in [0.5, 0.6) is 5.75 Å². The Balaban J connectivity index is 1.90. The van der Waals surface area contributed by atoms with Crippen molar-refractivity contribution in [2.75, 3.05) is 6.54 Å². The van der Waals surface area contributed by atoms with Gasteiger partial charge in [0.15, 0.2) is 5.76 Å². The molecular weight excluding hydrogens is 314 g/mol. The summed E-state index contributed by atoms with van der Waals surface area (Å²) >= 11 is 5.78. The van der Waals surface area contributed by atoms with Crippen LogP contribution in [0.25, 0.3) is 0 Å². The topological polar surface area (TPSA) is 51.5 Å². The van der Waals surface area contributed by atoms with E-state index in [4.69, 9.17) is 20.8 Å². The Kier molecular flexibility index (Phi) is 6.11. The fourth-order valence-electron chi connectivity index (χ4n) is 2.26. The third-order valence-corrected chi connectivity index (χ3v) is 3.91. The molecular formula is C18H22ClNO3. The zero-order chi connectivity index (χ0) is 16.8. The summed E-state index contributed by atoms with van der Waals surface area (Å²) in [5, 5.41) is 2.82. The summed E-state index contributed by atoms with van der Waals surface area (Å²) in [5.74, 6) is 1.87. The Bertz CT molecular complexity index is 666. The molecule has 1 amide bonds. The number of halogens is 1. The number of para-hydroxylation sites is 1. The number of carbonyl (C=O) groups is 1. The molecule has 23 heavy (non-hydrogen) atoms. The van der Waals surface area contributed by atoms with Crippen molar-refractivity contribution in [2.24, 2.45) is 0 Å². The van der Waals surface area contributed by atoms with Crippen molar-refractivity contribution < 1.29 is 13.9 Å². The lowest BCUT2D eigenvalue weighted by Crippen LogP contribution is -2.33. The summed E-state index contributed by atoms with van der Waals surface area (Å²) in [6.07, 6.45) is 0.762. The van der Waals surface area contributed by atoms with Crippen LogP contribution in [0.3, 0.4) is 0 Å². The first-order chi connectivity index (χ1) is 11.0. The van der Waals surface area contributed by atoms with Gasteiger partial charge in [-0.1, -0.05) is 25.1 Å². The maximum atomic E-state index is 12.1. The van der Waals surface area contributed by atoms with Gasteiger partial charge in [0.05, 0.1) is 12.4 Å². The standard InChI is InChI=1S/C18H22ClNO3/c1-4-14-7-5-6-8-16(14)22-12(2)11-20-18(21)17-9-15(10-19)13(3)23-17/h5-9,12H,4,10-11H2,1-3H3,(H,20,21). The molecule has 4 nitrogen and oxygen atoms in total. The summed E-state index contributed by atoms with van der Waals surface area (Å²) in [6, 6.07) is 9.60. The van der Waals surface area contributed by atoms with Crippen molar-refractivity contribution in [1.82, 2.24) is 5.32 Å². The van der Waals surface area contributed by atoms with E-state index in [0.717, 1.165) is 23.3 Å². The molecule has 0 bridgehead atoms. The van der Waals surface area contributed by atoms with Crippen LogP contribution >= 0.6 is 11.6 Å². The van der Waals surface area contributed by atoms with E-state index in [9.17, 15) is 4.79 Å². The highest BCUT2D eigenvalue weighted by Crippen LogP contribution is 2.20. The molecule has 124 valence electrons. The van der Waals surface area contributed by atoms with Gasteiger partial charge >= 0.3 is 0 Å². The Morgan fingerprint density at radius 2 is 2.09 bits per heavy atom. The Hall–Kier alpha value is -1.94. The van der Waals surface area contributed by atoms with Crippen LogP contribution in [0.15, 0.2) is 34.7 Å². The van der Waals surface area contributed by atoms with Crippen molar-refractivity contribution in [2.45, 2.75) is 39.2 Å². The van der Waals surface area contributed by atoms with Crippen LogP contribution < -0.4 is 10.1 Å². The minimum Gasteiger partial charge on any atom is -0.489 e. The average Bonchev–Trinajstić information content (AvgIpc) is 2.94. The number of furan rings is 1. The molecule has 0 saturated carbocycles. The summed E-state index contributed by atoms with van der Waals surface area (Å²) < 4.78 is 11.3. The number of nitrogens with one attached hydrogen (secondary N) is 1. The minimum atomic E-state index is -0.260. The first-order valence-corrected chi connectivity index (χ1v) is 8.26. The summed E-state index contributed by atoms with van der Waals surface area (Å²) in [7, 11) is 0. The number of hydrogen-bond acceptors (Lipinski definition) is 3. The number of benzene rings is 1. The molecule has 1 unspecified atom stereocenters. The second-order valence-corrected chi connectivity index (χ2v) is 5.69. The number of aryl methyl sites for hydroxylation is 2. The molecule has 0 aliphatic carbocycles. The van der Waals surface area contributed by atoms with E-state index >= 15 is 0 Å². The van der Waals surface area contributed by atoms with E-state index in [0.29, 0.717) is 18.2 Å². The van der Waals surface area contributed by atoms with Crippen LogP contribution in [-0.4, -0.2) is 18.6 Å². The molecule has 0 fully saturated rings. The number of carbonyl (C=O) groups excluding carboxylic acids is 1. The number of hydrogen-bond donors (Lipinski definition) is 1.